The normalized spacial score (nSPS) is 15.7. The van der Waals surface area contributed by atoms with Crippen LogP contribution in [0.2, 0.25) is 0 Å². The highest BCUT2D eigenvalue weighted by Crippen LogP contribution is 2.27. The van der Waals surface area contributed by atoms with Crippen molar-refractivity contribution in [3.8, 4) is 16.4 Å². The highest BCUT2D eigenvalue weighted by Gasteiger charge is 2.26. The summed E-state index contributed by atoms with van der Waals surface area (Å²) in [4.78, 5) is 15.8. The Kier molecular flexibility index (Phi) is 5.22. The average molecular weight is 383 g/mol. The van der Waals surface area contributed by atoms with Crippen molar-refractivity contribution in [2.45, 2.75) is 19.4 Å². The van der Waals surface area contributed by atoms with Crippen LogP contribution in [0.3, 0.4) is 0 Å². The second-order valence-electron chi connectivity index (χ2n) is 6.72. The number of benzene rings is 1. The molecule has 0 aliphatic carbocycles. The number of aromatic hydroxyl groups is 1. The summed E-state index contributed by atoms with van der Waals surface area (Å²) in [5.41, 5.74) is 1.38. The number of nitrogens with one attached hydrogen (secondary N) is 1. The molecule has 1 amide bonds. The summed E-state index contributed by atoms with van der Waals surface area (Å²) >= 11 is 1.63. The third-order valence-electron chi connectivity index (χ3n) is 4.83. The van der Waals surface area contributed by atoms with Gasteiger partial charge in [-0.25, -0.2) is 0 Å². The third kappa shape index (κ3) is 4.20. The van der Waals surface area contributed by atoms with Gasteiger partial charge in [0, 0.05) is 18.5 Å². The van der Waals surface area contributed by atoms with E-state index in [1.165, 1.54) is 0 Å². The highest BCUT2D eigenvalue weighted by atomic mass is 32.1. The summed E-state index contributed by atoms with van der Waals surface area (Å²) in [7, 11) is 0. The van der Waals surface area contributed by atoms with E-state index in [-0.39, 0.29) is 17.6 Å². The van der Waals surface area contributed by atoms with Gasteiger partial charge < -0.3 is 14.9 Å². The standard InChI is InChI=1S/C20H21N3O3S/c24-17-5-2-1-4-16(17)21-20(25)14-7-9-23(10-8-14)13-15-12-18(26-22-15)19-6-3-11-27-19/h1-6,11-12,14,24H,7-10,13H2,(H,21,25). The average Bonchev–Trinajstić information content (AvgIpc) is 3.36. The van der Waals surface area contributed by atoms with Crippen LogP contribution in [0.1, 0.15) is 18.5 Å². The Bertz CT molecular complexity index is 899. The van der Waals surface area contributed by atoms with Crippen LogP contribution in [0.15, 0.2) is 52.4 Å². The fourth-order valence-corrected chi connectivity index (χ4v) is 3.99. The topological polar surface area (TPSA) is 78.6 Å². The summed E-state index contributed by atoms with van der Waals surface area (Å²) < 4.78 is 5.43. The van der Waals surface area contributed by atoms with E-state index in [1.54, 1.807) is 35.6 Å². The first-order chi connectivity index (χ1) is 13.2. The minimum Gasteiger partial charge on any atom is -0.506 e. The van der Waals surface area contributed by atoms with Gasteiger partial charge in [0.2, 0.25) is 5.91 Å². The quantitative estimate of drug-likeness (QED) is 0.652. The summed E-state index contributed by atoms with van der Waals surface area (Å²) in [6, 6.07) is 12.8. The van der Waals surface area contributed by atoms with Gasteiger partial charge in [-0.15, -0.1) is 11.3 Å². The zero-order chi connectivity index (χ0) is 18.6. The number of anilines is 1. The maximum Gasteiger partial charge on any atom is 0.227 e. The van der Waals surface area contributed by atoms with Crippen LogP contribution in [0.4, 0.5) is 5.69 Å². The number of phenolic OH excluding ortho intramolecular Hbond substituents is 1. The van der Waals surface area contributed by atoms with Gasteiger partial charge in [0.15, 0.2) is 5.76 Å². The van der Waals surface area contributed by atoms with Crippen molar-refractivity contribution in [2.24, 2.45) is 5.92 Å². The van der Waals surface area contributed by atoms with Gasteiger partial charge in [0.05, 0.1) is 16.3 Å². The van der Waals surface area contributed by atoms with Gasteiger partial charge in [-0.2, -0.15) is 0 Å². The summed E-state index contributed by atoms with van der Waals surface area (Å²) in [6.07, 6.45) is 1.57. The van der Waals surface area contributed by atoms with Crippen LogP contribution >= 0.6 is 11.3 Å². The molecule has 7 heteroatoms. The van der Waals surface area contributed by atoms with E-state index in [4.69, 9.17) is 4.52 Å². The maximum atomic E-state index is 12.5. The van der Waals surface area contributed by atoms with Crippen LogP contribution in [0, 0.1) is 5.92 Å². The van der Waals surface area contributed by atoms with Crippen LogP contribution in [0.25, 0.3) is 10.6 Å². The summed E-state index contributed by atoms with van der Waals surface area (Å²) in [6.45, 7) is 2.39. The van der Waals surface area contributed by atoms with Gasteiger partial charge in [-0.3, -0.25) is 9.69 Å². The molecule has 1 saturated heterocycles. The smallest absolute Gasteiger partial charge is 0.227 e. The molecule has 1 aromatic carbocycles. The van der Waals surface area contributed by atoms with E-state index in [0.717, 1.165) is 48.8 Å². The van der Waals surface area contributed by atoms with Gasteiger partial charge in [0.1, 0.15) is 5.75 Å². The van der Waals surface area contributed by atoms with E-state index in [1.807, 2.05) is 23.6 Å². The number of carbonyl (C=O) groups excluding carboxylic acids is 1. The van der Waals surface area contributed by atoms with E-state index < -0.39 is 0 Å². The fourth-order valence-electron chi connectivity index (χ4n) is 3.32. The number of amides is 1. The molecule has 140 valence electrons. The molecule has 1 fully saturated rings. The predicted molar refractivity (Wildman–Crippen MR) is 105 cm³/mol. The molecule has 6 nitrogen and oxygen atoms in total. The zero-order valence-corrected chi connectivity index (χ0v) is 15.6. The number of phenols is 1. The SMILES string of the molecule is O=C(Nc1ccccc1O)C1CCN(Cc2cc(-c3cccs3)on2)CC1. The molecule has 0 radical (unpaired) electrons. The molecule has 0 saturated carbocycles. The Balaban J connectivity index is 1.29. The summed E-state index contributed by atoms with van der Waals surface area (Å²) in [5.74, 6) is 0.824. The van der Waals surface area contributed by atoms with Crippen molar-refractivity contribution in [3.05, 3.63) is 53.5 Å². The molecule has 4 rings (SSSR count). The Morgan fingerprint density at radius 2 is 2.07 bits per heavy atom. The second kappa shape index (κ2) is 7.94. The second-order valence-corrected chi connectivity index (χ2v) is 7.66. The molecule has 2 N–H and O–H groups in total. The first-order valence-electron chi connectivity index (χ1n) is 9.00. The molecular weight excluding hydrogens is 362 g/mol. The lowest BCUT2D eigenvalue weighted by atomic mass is 9.95. The van der Waals surface area contributed by atoms with Gasteiger partial charge >= 0.3 is 0 Å². The predicted octanol–water partition coefficient (Wildman–Crippen LogP) is 3.96. The van der Waals surface area contributed by atoms with Crippen molar-refractivity contribution >= 4 is 22.9 Å². The number of piperidine rings is 1. The molecule has 0 spiro atoms. The van der Waals surface area contributed by atoms with Crippen molar-refractivity contribution in [1.29, 1.82) is 0 Å². The van der Waals surface area contributed by atoms with Crippen LogP contribution < -0.4 is 5.32 Å². The van der Waals surface area contributed by atoms with Crippen LogP contribution in [-0.2, 0) is 11.3 Å². The van der Waals surface area contributed by atoms with E-state index in [2.05, 4.69) is 15.4 Å². The summed E-state index contributed by atoms with van der Waals surface area (Å²) in [5, 5.41) is 18.8. The lowest BCUT2D eigenvalue weighted by molar-refractivity contribution is -0.121. The first-order valence-corrected chi connectivity index (χ1v) is 9.87. The van der Waals surface area contributed by atoms with Gasteiger partial charge in [0.25, 0.3) is 0 Å². The Morgan fingerprint density at radius 1 is 1.26 bits per heavy atom. The molecule has 1 aliphatic heterocycles. The third-order valence-corrected chi connectivity index (χ3v) is 5.71. The Morgan fingerprint density at radius 3 is 2.81 bits per heavy atom. The van der Waals surface area contributed by atoms with E-state index in [9.17, 15) is 9.90 Å². The molecule has 0 atom stereocenters. The Hall–Kier alpha value is -2.64. The number of carbonyl (C=O) groups is 1. The maximum absolute atomic E-state index is 12.5. The van der Waals surface area contributed by atoms with Crippen LogP contribution in [0.5, 0.6) is 5.75 Å². The molecular formula is C20H21N3O3S. The number of para-hydroxylation sites is 2. The largest absolute Gasteiger partial charge is 0.506 e. The minimum atomic E-state index is -0.0418. The van der Waals surface area contributed by atoms with Gasteiger partial charge in [-0.1, -0.05) is 23.4 Å². The lowest BCUT2D eigenvalue weighted by Crippen LogP contribution is -2.37. The van der Waals surface area contributed by atoms with Gasteiger partial charge in [-0.05, 0) is 49.5 Å². The molecule has 0 bridgehead atoms. The minimum absolute atomic E-state index is 0.0300. The molecule has 3 heterocycles. The number of likely N-dealkylation sites (tertiary alicyclic amines) is 1. The molecule has 1 aliphatic rings. The zero-order valence-electron chi connectivity index (χ0n) is 14.8. The van der Waals surface area contributed by atoms with E-state index in [0.29, 0.717) is 5.69 Å². The molecule has 0 unspecified atom stereocenters. The number of aromatic nitrogens is 1. The molecule has 3 aromatic rings. The Labute approximate surface area is 161 Å². The first kappa shape index (κ1) is 17.8. The fraction of sp³-hybridized carbons (Fsp3) is 0.300. The highest BCUT2D eigenvalue weighted by molar-refractivity contribution is 7.13. The van der Waals surface area contributed by atoms with Crippen molar-refractivity contribution in [2.75, 3.05) is 18.4 Å². The monoisotopic (exact) mass is 383 g/mol. The lowest BCUT2D eigenvalue weighted by Gasteiger charge is -2.30. The number of thiophene rings is 1. The molecule has 27 heavy (non-hydrogen) atoms. The molecule has 2 aromatic heterocycles. The number of nitrogens with zero attached hydrogens (tertiary/aromatic N) is 2. The van der Waals surface area contributed by atoms with Crippen molar-refractivity contribution < 1.29 is 14.4 Å². The number of hydrogen-bond donors (Lipinski definition) is 2. The van der Waals surface area contributed by atoms with Crippen molar-refractivity contribution in [1.82, 2.24) is 10.1 Å². The van der Waals surface area contributed by atoms with Crippen LogP contribution in [-0.4, -0.2) is 34.2 Å². The number of rotatable bonds is 5. The van der Waals surface area contributed by atoms with Crippen molar-refractivity contribution in [3.63, 3.8) is 0 Å². The van der Waals surface area contributed by atoms with E-state index >= 15 is 0 Å². The number of hydrogen-bond acceptors (Lipinski definition) is 6.